The van der Waals surface area contributed by atoms with E-state index in [1.54, 1.807) is 11.0 Å². The lowest BCUT2D eigenvalue weighted by Crippen LogP contribution is -2.23. The van der Waals surface area contributed by atoms with Gasteiger partial charge in [0, 0.05) is 26.0 Å². The van der Waals surface area contributed by atoms with Crippen LogP contribution < -0.4 is 9.47 Å². The average molecular weight is 383 g/mol. The van der Waals surface area contributed by atoms with E-state index in [4.69, 9.17) is 14.2 Å². The molecule has 0 N–H and O–H groups in total. The lowest BCUT2D eigenvalue weighted by Gasteiger charge is -2.17. The number of nitrogens with zero attached hydrogens (tertiary/aromatic N) is 1. The Labute approximate surface area is 162 Å². The van der Waals surface area contributed by atoms with Gasteiger partial charge in [-0.25, -0.2) is 0 Å². The zero-order valence-corrected chi connectivity index (χ0v) is 16.0. The molecule has 1 aliphatic rings. The van der Waals surface area contributed by atoms with E-state index in [0.29, 0.717) is 29.0 Å². The number of esters is 2. The van der Waals surface area contributed by atoms with E-state index in [0.717, 1.165) is 5.56 Å². The predicted octanol–water partition coefficient (Wildman–Crippen LogP) is 2.84. The molecular weight excluding hydrogens is 362 g/mol. The highest BCUT2D eigenvalue weighted by atomic mass is 16.5. The fourth-order valence-corrected chi connectivity index (χ4v) is 3.19. The van der Waals surface area contributed by atoms with Gasteiger partial charge in [0.15, 0.2) is 0 Å². The zero-order chi connectivity index (χ0) is 20.3. The van der Waals surface area contributed by atoms with Gasteiger partial charge in [-0.2, -0.15) is 0 Å². The number of hydrogen-bond donors (Lipinski definition) is 0. The molecule has 7 heteroatoms. The van der Waals surface area contributed by atoms with Crippen molar-refractivity contribution in [2.45, 2.75) is 33.5 Å². The molecule has 2 aromatic carbocycles. The predicted molar refractivity (Wildman–Crippen MR) is 99.8 cm³/mol. The van der Waals surface area contributed by atoms with Crippen LogP contribution in [-0.4, -0.2) is 29.9 Å². The summed E-state index contributed by atoms with van der Waals surface area (Å²) in [5.41, 5.74) is 2.40. The highest BCUT2D eigenvalue weighted by molar-refractivity contribution is 6.00. The van der Waals surface area contributed by atoms with Gasteiger partial charge in [-0.15, -0.1) is 0 Å². The van der Waals surface area contributed by atoms with Crippen molar-refractivity contribution in [2.75, 3.05) is 7.11 Å². The molecule has 0 saturated carbocycles. The number of fused-ring (bicyclic) bond motifs is 1. The Morgan fingerprint density at radius 3 is 2.43 bits per heavy atom. The van der Waals surface area contributed by atoms with E-state index in [-0.39, 0.29) is 24.8 Å². The second-order valence-electron chi connectivity index (χ2n) is 6.43. The quantitative estimate of drug-likeness (QED) is 0.564. The molecule has 7 nitrogen and oxygen atoms in total. The van der Waals surface area contributed by atoms with E-state index in [2.05, 4.69) is 0 Å². The molecule has 1 amide bonds. The SMILES string of the molecule is COc1cc2c(c(OC(C)=O)c1COC(C)=O)CN(Cc1ccccc1)C2=O. The molecule has 0 bridgehead atoms. The van der Waals surface area contributed by atoms with Gasteiger partial charge < -0.3 is 19.1 Å². The molecule has 0 fully saturated rings. The van der Waals surface area contributed by atoms with Crippen molar-refractivity contribution in [2.24, 2.45) is 0 Å². The highest BCUT2D eigenvalue weighted by Gasteiger charge is 2.34. The molecule has 0 aliphatic carbocycles. The van der Waals surface area contributed by atoms with E-state index < -0.39 is 11.9 Å². The van der Waals surface area contributed by atoms with Gasteiger partial charge in [0.2, 0.25) is 0 Å². The molecule has 0 aromatic heterocycles. The summed E-state index contributed by atoms with van der Waals surface area (Å²) in [5, 5.41) is 0. The zero-order valence-electron chi connectivity index (χ0n) is 16.0. The Bertz CT molecular complexity index is 922. The van der Waals surface area contributed by atoms with Crippen molar-refractivity contribution < 1.29 is 28.6 Å². The van der Waals surface area contributed by atoms with Crippen LogP contribution in [0.4, 0.5) is 0 Å². The second kappa shape index (κ2) is 8.12. The largest absolute Gasteiger partial charge is 0.496 e. The summed E-state index contributed by atoms with van der Waals surface area (Å²) in [5.74, 6) is -0.644. The van der Waals surface area contributed by atoms with Crippen molar-refractivity contribution in [3.8, 4) is 11.5 Å². The summed E-state index contributed by atoms with van der Waals surface area (Å²) in [6.45, 7) is 3.15. The van der Waals surface area contributed by atoms with Crippen LogP contribution >= 0.6 is 0 Å². The maximum atomic E-state index is 12.9. The Balaban J connectivity index is 2.02. The van der Waals surface area contributed by atoms with E-state index in [9.17, 15) is 14.4 Å². The summed E-state index contributed by atoms with van der Waals surface area (Å²) in [6.07, 6.45) is 0. The van der Waals surface area contributed by atoms with Crippen LogP contribution in [0.15, 0.2) is 36.4 Å². The number of carbonyl (C=O) groups excluding carboxylic acids is 3. The van der Waals surface area contributed by atoms with Crippen molar-refractivity contribution >= 4 is 17.8 Å². The number of ether oxygens (including phenoxy) is 3. The van der Waals surface area contributed by atoms with E-state index in [1.807, 2.05) is 30.3 Å². The number of carbonyl (C=O) groups is 3. The first kappa shape index (κ1) is 19.4. The van der Waals surface area contributed by atoms with Gasteiger partial charge in [0.05, 0.1) is 24.8 Å². The molecular formula is C21H21NO6. The molecule has 2 aromatic rings. The van der Waals surface area contributed by atoms with Gasteiger partial charge in [0.25, 0.3) is 5.91 Å². The second-order valence-corrected chi connectivity index (χ2v) is 6.43. The minimum Gasteiger partial charge on any atom is -0.496 e. The van der Waals surface area contributed by atoms with Crippen LogP contribution in [0.25, 0.3) is 0 Å². The summed E-state index contributed by atoms with van der Waals surface area (Å²) < 4.78 is 15.9. The normalized spacial score (nSPS) is 12.5. The van der Waals surface area contributed by atoms with Crippen molar-refractivity contribution in [1.82, 2.24) is 4.90 Å². The monoisotopic (exact) mass is 383 g/mol. The van der Waals surface area contributed by atoms with Crippen molar-refractivity contribution in [3.05, 3.63) is 58.7 Å². The Hall–Kier alpha value is -3.35. The third-order valence-corrected chi connectivity index (χ3v) is 4.41. The number of amides is 1. The summed E-state index contributed by atoms with van der Waals surface area (Å²) in [6, 6.07) is 11.2. The smallest absolute Gasteiger partial charge is 0.308 e. The first-order valence-electron chi connectivity index (χ1n) is 8.78. The van der Waals surface area contributed by atoms with Gasteiger partial charge in [-0.05, 0) is 11.6 Å². The molecule has 1 heterocycles. The average Bonchev–Trinajstić information content (AvgIpc) is 2.96. The standard InChI is InChI=1S/C21H21NO6/c1-13(23)27-12-18-19(26-3)9-16-17(20(18)28-14(2)24)11-22(21(16)25)10-15-7-5-4-6-8-15/h4-9H,10-12H2,1-3H3. The molecule has 146 valence electrons. The Morgan fingerprint density at radius 1 is 1.11 bits per heavy atom. The topological polar surface area (TPSA) is 82.1 Å². The minimum absolute atomic E-state index is 0.124. The fraction of sp³-hybridized carbons (Fsp3) is 0.286. The minimum atomic E-state index is -0.534. The molecule has 3 rings (SSSR count). The van der Waals surface area contributed by atoms with Crippen LogP contribution in [0, 0.1) is 0 Å². The first-order valence-corrected chi connectivity index (χ1v) is 8.78. The maximum Gasteiger partial charge on any atom is 0.308 e. The molecule has 1 aliphatic heterocycles. The van der Waals surface area contributed by atoms with Gasteiger partial charge in [0.1, 0.15) is 18.1 Å². The number of methoxy groups -OCH3 is 1. The first-order chi connectivity index (χ1) is 13.4. The van der Waals surface area contributed by atoms with Crippen LogP contribution in [0.5, 0.6) is 11.5 Å². The van der Waals surface area contributed by atoms with E-state index in [1.165, 1.54) is 21.0 Å². The third-order valence-electron chi connectivity index (χ3n) is 4.41. The summed E-state index contributed by atoms with van der Waals surface area (Å²) in [7, 11) is 1.44. The fourth-order valence-electron chi connectivity index (χ4n) is 3.19. The molecule has 0 unspecified atom stereocenters. The van der Waals surface area contributed by atoms with Crippen LogP contribution in [0.1, 0.15) is 40.9 Å². The van der Waals surface area contributed by atoms with Crippen LogP contribution in [0.3, 0.4) is 0 Å². The van der Waals surface area contributed by atoms with Crippen LogP contribution in [0.2, 0.25) is 0 Å². The summed E-state index contributed by atoms with van der Waals surface area (Å²) in [4.78, 5) is 37.5. The lowest BCUT2D eigenvalue weighted by molar-refractivity contribution is -0.142. The molecule has 28 heavy (non-hydrogen) atoms. The summed E-state index contributed by atoms with van der Waals surface area (Å²) >= 11 is 0. The molecule has 0 atom stereocenters. The van der Waals surface area contributed by atoms with Gasteiger partial charge >= 0.3 is 11.9 Å². The Kier molecular flexibility index (Phi) is 5.63. The van der Waals surface area contributed by atoms with E-state index >= 15 is 0 Å². The molecule has 0 spiro atoms. The van der Waals surface area contributed by atoms with Crippen molar-refractivity contribution in [1.29, 1.82) is 0 Å². The lowest BCUT2D eigenvalue weighted by atomic mass is 10.0. The van der Waals surface area contributed by atoms with Gasteiger partial charge in [-0.1, -0.05) is 30.3 Å². The third kappa shape index (κ3) is 3.98. The highest BCUT2D eigenvalue weighted by Crippen LogP contribution is 2.40. The van der Waals surface area contributed by atoms with Crippen LogP contribution in [-0.2, 0) is 34.0 Å². The van der Waals surface area contributed by atoms with Gasteiger partial charge in [-0.3, -0.25) is 14.4 Å². The van der Waals surface area contributed by atoms with Crippen molar-refractivity contribution in [3.63, 3.8) is 0 Å². The maximum absolute atomic E-state index is 12.9. The number of benzene rings is 2. The Morgan fingerprint density at radius 2 is 1.82 bits per heavy atom. The molecule has 0 saturated heterocycles. The number of rotatable bonds is 6. The molecule has 0 radical (unpaired) electrons. The number of hydrogen-bond acceptors (Lipinski definition) is 6.